The van der Waals surface area contributed by atoms with Crippen LogP contribution in [-0.2, 0) is 6.54 Å². The molecule has 0 radical (unpaired) electrons. The molecule has 6 nitrogen and oxygen atoms in total. The lowest BCUT2D eigenvalue weighted by Gasteiger charge is -2.31. The Labute approximate surface area is 163 Å². The van der Waals surface area contributed by atoms with Crippen molar-refractivity contribution in [2.45, 2.75) is 25.5 Å². The van der Waals surface area contributed by atoms with Crippen molar-refractivity contribution in [2.24, 2.45) is 0 Å². The number of hydrogen-bond acceptors (Lipinski definition) is 6. The third-order valence-electron chi connectivity index (χ3n) is 5.11. The molecule has 7 heteroatoms. The van der Waals surface area contributed by atoms with Gasteiger partial charge in [-0.2, -0.15) is 0 Å². The first-order valence-corrected chi connectivity index (χ1v) is 9.40. The number of hydrogen-bond donors (Lipinski definition) is 2. The summed E-state index contributed by atoms with van der Waals surface area (Å²) in [6.45, 7) is 1.95. The summed E-state index contributed by atoms with van der Waals surface area (Å²) in [5.74, 6) is 1.33. The van der Waals surface area contributed by atoms with E-state index < -0.39 is 0 Å². The van der Waals surface area contributed by atoms with E-state index >= 15 is 0 Å². The molecule has 4 rings (SSSR count). The van der Waals surface area contributed by atoms with Crippen LogP contribution in [-0.4, -0.2) is 41.6 Å². The predicted molar refractivity (Wildman–Crippen MR) is 107 cm³/mol. The zero-order valence-electron chi connectivity index (χ0n) is 15.7. The molecule has 0 unspecified atom stereocenters. The minimum absolute atomic E-state index is 0.227. The average Bonchev–Trinajstić information content (AvgIpc) is 2.73. The first-order chi connectivity index (χ1) is 13.7. The molecule has 0 amide bonds. The first-order valence-electron chi connectivity index (χ1n) is 9.40. The number of halogens is 1. The lowest BCUT2D eigenvalue weighted by atomic mass is 10.1. The smallest absolute Gasteiger partial charge is 0.165 e. The van der Waals surface area contributed by atoms with E-state index in [0.29, 0.717) is 12.4 Å². The van der Waals surface area contributed by atoms with Crippen LogP contribution >= 0.6 is 0 Å². The van der Waals surface area contributed by atoms with Gasteiger partial charge in [0.2, 0.25) is 0 Å². The molecule has 0 saturated carbocycles. The molecule has 2 N–H and O–H groups in total. The number of methoxy groups -OCH3 is 1. The van der Waals surface area contributed by atoms with Gasteiger partial charge >= 0.3 is 0 Å². The van der Waals surface area contributed by atoms with Gasteiger partial charge in [-0.25, -0.2) is 4.39 Å². The SMILES string of the molecule is COc1ccc(CNc2nnc(N3CCC(O)CC3)c3ccccc23)cc1F. The van der Waals surface area contributed by atoms with Gasteiger partial charge in [0.05, 0.1) is 13.2 Å². The van der Waals surface area contributed by atoms with Gasteiger partial charge in [0.1, 0.15) is 0 Å². The molecule has 2 aromatic carbocycles. The number of nitrogens with one attached hydrogen (secondary N) is 1. The maximum absolute atomic E-state index is 13.9. The first kappa shape index (κ1) is 18.4. The summed E-state index contributed by atoms with van der Waals surface area (Å²) in [7, 11) is 1.45. The third kappa shape index (κ3) is 3.71. The minimum Gasteiger partial charge on any atom is -0.494 e. The van der Waals surface area contributed by atoms with Crippen LogP contribution in [0.25, 0.3) is 10.8 Å². The Balaban J connectivity index is 1.58. The number of nitrogens with zero attached hydrogens (tertiary/aromatic N) is 3. The van der Waals surface area contributed by atoms with Crippen molar-refractivity contribution in [3.05, 3.63) is 53.8 Å². The standard InChI is InChI=1S/C21H23FN4O2/c1-28-19-7-6-14(12-18(19)22)13-23-20-16-4-2-3-5-17(16)21(25-24-20)26-10-8-15(27)9-11-26/h2-7,12,15,27H,8-11,13H2,1H3,(H,23,24). The van der Waals surface area contributed by atoms with E-state index in [-0.39, 0.29) is 17.7 Å². The van der Waals surface area contributed by atoms with Gasteiger partial charge in [-0.05, 0) is 30.5 Å². The van der Waals surface area contributed by atoms with Crippen molar-refractivity contribution in [1.82, 2.24) is 10.2 Å². The Bertz CT molecular complexity index is 974. The van der Waals surface area contributed by atoms with Crippen LogP contribution in [0.2, 0.25) is 0 Å². The second-order valence-corrected chi connectivity index (χ2v) is 6.96. The molecule has 1 saturated heterocycles. The Morgan fingerprint density at radius 3 is 2.61 bits per heavy atom. The number of aromatic nitrogens is 2. The summed E-state index contributed by atoms with van der Waals surface area (Å²) >= 11 is 0. The molecule has 0 bridgehead atoms. The summed E-state index contributed by atoms with van der Waals surface area (Å²) < 4.78 is 18.9. The molecule has 0 atom stereocenters. The number of aliphatic hydroxyl groups is 1. The van der Waals surface area contributed by atoms with Gasteiger partial charge < -0.3 is 20.1 Å². The highest BCUT2D eigenvalue weighted by atomic mass is 19.1. The molecule has 3 aromatic rings. The molecule has 1 aromatic heterocycles. The maximum atomic E-state index is 13.9. The molecule has 1 aliphatic heterocycles. The van der Waals surface area contributed by atoms with E-state index in [4.69, 9.17) is 4.74 Å². The fourth-order valence-electron chi connectivity index (χ4n) is 3.54. The zero-order valence-corrected chi connectivity index (χ0v) is 15.7. The normalized spacial score (nSPS) is 15.0. The number of aliphatic hydroxyl groups excluding tert-OH is 1. The highest BCUT2D eigenvalue weighted by molar-refractivity contribution is 5.98. The lowest BCUT2D eigenvalue weighted by Crippen LogP contribution is -2.36. The molecular weight excluding hydrogens is 359 g/mol. The summed E-state index contributed by atoms with van der Waals surface area (Å²) in [6.07, 6.45) is 1.24. The minimum atomic E-state index is -0.389. The second kappa shape index (κ2) is 7.98. The molecule has 28 heavy (non-hydrogen) atoms. The van der Waals surface area contributed by atoms with Gasteiger partial charge in [0.15, 0.2) is 23.2 Å². The fourth-order valence-corrected chi connectivity index (χ4v) is 3.54. The molecule has 1 aliphatic rings. The topological polar surface area (TPSA) is 70.5 Å². The summed E-state index contributed by atoms with van der Waals surface area (Å²) in [5, 5.41) is 23.8. The summed E-state index contributed by atoms with van der Waals surface area (Å²) in [6, 6.07) is 12.9. The largest absolute Gasteiger partial charge is 0.494 e. The molecule has 2 heterocycles. The van der Waals surface area contributed by atoms with Gasteiger partial charge in [-0.3, -0.25) is 0 Å². The van der Waals surface area contributed by atoms with Crippen LogP contribution < -0.4 is 15.0 Å². The second-order valence-electron chi connectivity index (χ2n) is 6.96. The van der Waals surface area contributed by atoms with Crippen LogP contribution in [0, 0.1) is 5.82 Å². The number of benzene rings is 2. The van der Waals surface area contributed by atoms with Gasteiger partial charge in [0.25, 0.3) is 0 Å². The van der Waals surface area contributed by atoms with Gasteiger partial charge in [0, 0.05) is 30.4 Å². The van der Waals surface area contributed by atoms with E-state index in [1.807, 2.05) is 30.3 Å². The van der Waals surface area contributed by atoms with E-state index in [0.717, 1.165) is 48.1 Å². The number of anilines is 2. The van der Waals surface area contributed by atoms with Crippen LogP contribution in [0.5, 0.6) is 5.75 Å². The fraction of sp³-hybridized carbons (Fsp3) is 0.333. The van der Waals surface area contributed by atoms with Crippen LogP contribution in [0.4, 0.5) is 16.0 Å². The lowest BCUT2D eigenvalue weighted by molar-refractivity contribution is 0.145. The summed E-state index contributed by atoms with van der Waals surface area (Å²) in [5.41, 5.74) is 0.790. The number of ether oxygens (including phenoxy) is 1. The average molecular weight is 382 g/mol. The Morgan fingerprint density at radius 2 is 1.89 bits per heavy atom. The maximum Gasteiger partial charge on any atom is 0.165 e. The molecule has 146 valence electrons. The molecule has 1 fully saturated rings. The van der Waals surface area contributed by atoms with Crippen molar-refractivity contribution < 1.29 is 14.2 Å². The van der Waals surface area contributed by atoms with Crippen LogP contribution in [0.15, 0.2) is 42.5 Å². The molecular formula is C21H23FN4O2. The Kier molecular flexibility index (Phi) is 5.25. The van der Waals surface area contributed by atoms with Crippen molar-refractivity contribution in [2.75, 3.05) is 30.4 Å². The Morgan fingerprint density at radius 1 is 1.14 bits per heavy atom. The van der Waals surface area contributed by atoms with Crippen molar-refractivity contribution >= 4 is 22.4 Å². The van der Waals surface area contributed by atoms with Crippen LogP contribution in [0.1, 0.15) is 18.4 Å². The molecule has 0 spiro atoms. The van der Waals surface area contributed by atoms with Crippen molar-refractivity contribution in [3.8, 4) is 5.75 Å². The van der Waals surface area contributed by atoms with Crippen LogP contribution in [0.3, 0.4) is 0 Å². The van der Waals surface area contributed by atoms with E-state index in [9.17, 15) is 9.50 Å². The molecule has 0 aliphatic carbocycles. The highest BCUT2D eigenvalue weighted by Crippen LogP contribution is 2.30. The number of fused-ring (bicyclic) bond motifs is 1. The zero-order chi connectivity index (χ0) is 19.5. The highest BCUT2D eigenvalue weighted by Gasteiger charge is 2.21. The Hall–Kier alpha value is -2.93. The quantitative estimate of drug-likeness (QED) is 0.705. The number of rotatable bonds is 5. The van der Waals surface area contributed by atoms with E-state index in [2.05, 4.69) is 20.4 Å². The van der Waals surface area contributed by atoms with Crippen molar-refractivity contribution in [1.29, 1.82) is 0 Å². The van der Waals surface area contributed by atoms with E-state index in [1.54, 1.807) is 6.07 Å². The number of piperidine rings is 1. The third-order valence-corrected chi connectivity index (χ3v) is 5.11. The van der Waals surface area contributed by atoms with E-state index in [1.165, 1.54) is 13.2 Å². The van der Waals surface area contributed by atoms with Gasteiger partial charge in [-0.1, -0.05) is 30.3 Å². The monoisotopic (exact) mass is 382 g/mol. The van der Waals surface area contributed by atoms with Crippen molar-refractivity contribution in [3.63, 3.8) is 0 Å². The predicted octanol–water partition coefficient (Wildman–Crippen LogP) is 3.35. The summed E-state index contributed by atoms with van der Waals surface area (Å²) in [4.78, 5) is 2.17. The van der Waals surface area contributed by atoms with Gasteiger partial charge in [-0.15, -0.1) is 10.2 Å².